The molecule has 0 bridgehead atoms. The normalized spacial score (nSPS) is 16.6. The molecule has 0 saturated carbocycles. The summed E-state index contributed by atoms with van der Waals surface area (Å²) in [6, 6.07) is 20.6. The highest BCUT2D eigenvalue weighted by molar-refractivity contribution is 6.06. The summed E-state index contributed by atoms with van der Waals surface area (Å²) < 4.78 is 5.73. The van der Waals surface area contributed by atoms with E-state index < -0.39 is 0 Å². The van der Waals surface area contributed by atoms with E-state index in [0.717, 1.165) is 27.8 Å². The minimum Gasteiger partial charge on any atom is -0.491 e. The predicted molar refractivity (Wildman–Crippen MR) is 101 cm³/mol. The lowest BCUT2D eigenvalue weighted by Gasteiger charge is -2.27. The lowest BCUT2D eigenvalue weighted by Crippen LogP contribution is -2.23. The van der Waals surface area contributed by atoms with Crippen molar-refractivity contribution in [3.8, 4) is 5.75 Å². The van der Waals surface area contributed by atoms with Crippen LogP contribution in [0.4, 0.5) is 5.69 Å². The highest BCUT2D eigenvalue weighted by atomic mass is 16.5. The zero-order valence-electron chi connectivity index (χ0n) is 14.5. The van der Waals surface area contributed by atoms with Gasteiger partial charge in [0.2, 0.25) is 5.91 Å². The van der Waals surface area contributed by atoms with Crippen LogP contribution in [0.25, 0.3) is 10.8 Å². The second-order valence-electron chi connectivity index (χ2n) is 6.79. The van der Waals surface area contributed by atoms with Gasteiger partial charge < -0.3 is 10.1 Å². The van der Waals surface area contributed by atoms with E-state index in [1.54, 1.807) is 0 Å². The number of nitrogens with one attached hydrogen (secondary N) is 1. The lowest BCUT2D eigenvalue weighted by molar-refractivity contribution is -0.116. The third-order valence-corrected chi connectivity index (χ3v) is 4.64. The van der Waals surface area contributed by atoms with Crippen molar-refractivity contribution >= 4 is 22.4 Å². The first-order valence-electron chi connectivity index (χ1n) is 8.70. The number of rotatable bonds is 3. The maximum Gasteiger partial charge on any atom is 0.225 e. The van der Waals surface area contributed by atoms with E-state index in [4.69, 9.17) is 4.74 Å². The van der Waals surface area contributed by atoms with Gasteiger partial charge in [0.25, 0.3) is 0 Å². The minimum atomic E-state index is 0.0661. The first-order chi connectivity index (χ1) is 12.1. The molecule has 1 N–H and O–H groups in total. The van der Waals surface area contributed by atoms with E-state index in [2.05, 4.69) is 41.7 Å². The zero-order chi connectivity index (χ0) is 17.4. The van der Waals surface area contributed by atoms with Gasteiger partial charge >= 0.3 is 0 Å². The monoisotopic (exact) mass is 331 g/mol. The molecule has 0 saturated heterocycles. The highest BCUT2D eigenvalue weighted by Crippen LogP contribution is 2.41. The van der Waals surface area contributed by atoms with Crippen molar-refractivity contribution in [1.29, 1.82) is 0 Å². The molecule has 0 aromatic heterocycles. The fourth-order valence-electron chi connectivity index (χ4n) is 3.55. The van der Waals surface area contributed by atoms with Gasteiger partial charge in [-0.25, -0.2) is 0 Å². The van der Waals surface area contributed by atoms with Crippen molar-refractivity contribution in [3.05, 3.63) is 71.8 Å². The molecule has 0 fully saturated rings. The van der Waals surface area contributed by atoms with Crippen molar-refractivity contribution in [1.82, 2.24) is 0 Å². The molecule has 1 amide bonds. The van der Waals surface area contributed by atoms with E-state index in [0.29, 0.717) is 6.42 Å². The first kappa shape index (κ1) is 15.7. The Morgan fingerprint density at radius 2 is 1.76 bits per heavy atom. The van der Waals surface area contributed by atoms with Crippen LogP contribution >= 0.6 is 0 Å². The van der Waals surface area contributed by atoms with E-state index in [9.17, 15) is 4.79 Å². The van der Waals surface area contributed by atoms with Gasteiger partial charge in [-0.15, -0.1) is 0 Å². The maximum absolute atomic E-state index is 12.3. The third kappa shape index (κ3) is 2.98. The standard InChI is InChI=1S/C22H21NO2/c1-14(2)25-17-10-7-16(8-11-17)20-13-21(24)23-22-18-6-4-3-5-15(18)9-12-19(20)22/h3-12,14,20H,13H2,1-2H3,(H,23,24). The molecule has 1 aliphatic heterocycles. The van der Waals surface area contributed by atoms with Crippen LogP contribution in [0.15, 0.2) is 60.7 Å². The largest absolute Gasteiger partial charge is 0.491 e. The van der Waals surface area contributed by atoms with Crippen LogP contribution < -0.4 is 10.1 Å². The SMILES string of the molecule is CC(C)Oc1ccc(C2CC(=O)Nc3c2ccc2ccccc32)cc1. The fourth-order valence-corrected chi connectivity index (χ4v) is 3.55. The summed E-state index contributed by atoms with van der Waals surface area (Å²) in [6.07, 6.45) is 0.619. The molecule has 0 radical (unpaired) electrons. The first-order valence-corrected chi connectivity index (χ1v) is 8.70. The van der Waals surface area contributed by atoms with Gasteiger partial charge in [0.1, 0.15) is 5.75 Å². The Labute approximate surface area is 147 Å². The summed E-state index contributed by atoms with van der Waals surface area (Å²) in [7, 11) is 0. The second-order valence-corrected chi connectivity index (χ2v) is 6.79. The van der Waals surface area contributed by atoms with Crippen LogP contribution in [-0.2, 0) is 4.79 Å². The van der Waals surface area contributed by atoms with Crippen LogP contribution in [-0.4, -0.2) is 12.0 Å². The van der Waals surface area contributed by atoms with Gasteiger partial charge in [-0.3, -0.25) is 4.79 Å². The van der Waals surface area contributed by atoms with E-state index in [1.165, 1.54) is 5.56 Å². The number of carbonyl (C=O) groups excluding carboxylic acids is 1. The highest BCUT2D eigenvalue weighted by Gasteiger charge is 2.27. The lowest BCUT2D eigenvalue weighted by atomic mass is 9.83. The molecule has 1 atom stereocenters. The fraction of sp³-hybridized carbons (Fsp3) is 0.227. The maximum atomic E-state index is 12.3. The molecule has 3 aromatic rings. The summed E-state index contributed by atoms with van der Waals surface area (Å²) in [5, 5.41) is 5.31. The number of fused-ring (bicyclic) bond motifs is 3. The van der Waals surface area contributed by atoms with E-state index in [-0.39, 0.29) is 17.9 Å². The van der Waals surface area contributed by atoms with Crippen LogP contribution in [0.1, 0.15) is 37.3 Å². The van der Waals surface area contributed by atoms with E-state index >= 15 is 0 Å². The average Bonchev–Trinajstić information content (AvgIpc) is 2.61. The molecule has 1 unspecified atom stereocenters. The topological polar surface area (TPSA) is 38.3 Å². The molecule has 0 aliphatic carbocycles. The summed E-state index contributed by atoms with van der Waals surface area (Å²) in [6.45, 7) is 4.03. The third-order valence-electron chi connectivity index (χ3n) is 4.64. The minimum absolute atomic E-state index is 0.0661. The molecule has 25 heavy (non-hydrogen) atoms. The smallest absolute Gasteiger partial charge is 0.225 e. The van der Waals surface area contributed by atoms with Gasteiger partial charge in [0, 0.05) is 17.7 Å². The number of hydrogen-bond donors (Lipinski definition) is 1. The summed E-state index contributed by atoms with van der Waals surface area (Å²) in [5.41, 5.74) is 3.26. The Bertz CT molecular complexity index is 928. The Kier molecular flexibility index (Phi) is 3.92. The van der Waals surface area contributed by atoms with Gasteiger partial charge in [0.05, 0.1) is 11.8 Å². The number of anilines is 1. The van der Waals surface area contributed by atoms with Crippen LogP contribution in [0, 0.1) is 0 Å². The Morgan fingerprint density at radius 3 is 2.52 bits per heavy atom. The Hall–Kier alpha value is -2.81. The van der Waals surface area contributed by atoms with E-state index in [1.807, 2.05) is 38.1 Å². The molecular formula is C22H21NO2. The molecule has 1 aliphatic rings. The number of ether oxygens (including phenoxy) is 1. The average molecular weight is 331 g/mol. The molecule has 0 spiro atoms. The molecule has 126 valence electrons. The van der Waals surface area contributed by atoms with Crippen molar-refractivity contribution in [3.63, 3.8) is 0 Å². The number of benzene rings is 3. The molecule has 1 heterocycles. The van der Waals surface area contributed by atoms with Gasteiger partial charge in [-0.1, -0.05) is 48.5 Å². The quantitative estimate of drug-likeness (QED) is 0.725. The molecule has 3 nitrogen and oxygen atoms in total. The van der Waals surface area contributed by atoms with Crippen LogP contribution in [0.3, 0.4) is 0 Å². The van der Waals surface area contributed by atoms with Gasteiger partial charge in [-0.05, 0) is 42.5 Å². The molecular weight excluding hydrogens is 310 g/mol. The summed E-state index contributed by atoms with van der Waals surface area (Å²) >= 11 is 0. The van der Waals surface area contributed by atoms with Crippen molar-refractivity contribution in [2.24, 2.45) is 0 Å². The predicted octanol–water partition coefficient (Wildman–Crippen LogP) is 5.10. The van der Waals surface area contributed by atoms with Crippen LogP contribution in [0.2, 0.25) is 0 Å². The second kappa shape index (κ2) is 6.25. The van der Waals surface area contributed by atoms with Crippen molar-refractivity contribution < 1.29 is 9.53 Å². The van der Waals surface area contributed by atoms with Gasteiger partial charge in [0.15, 0.2) is 0 Å². The van der Waals surface area contributed by atoms with Crippen molar-refractivity contribution in [2.75, 3.05) is 5.32 Å². The zero-order valence-corrected chi connectivity index (χ0v) is 14.5. The number of carbonyl (C=O) groups is 1. The van der Waals surface area contributed by atoms with Gasteiger partial charge in [-0.2, -0.15) is 0 Å². The Balaban J connectivity index is 1.77. The summed E-state index contributed by atoms with van der Waals surface area (Å²) in [5.74, 6) is 0.996. The number of hydrogen-bond acceptors (Lipinski definition) is 2. The number of amides is 1. The molecule has 4 rings (SSSR count). The molecule has 3 heteroatoms. The van der Waals surface area contributed by atoms with Crippen molar-refractivity contribution in [2.45, 2.75) is 32.3 Å². The molecule has 3 aromatic carbocycles. The Morgan fingerprint density at radius 1 is 1.00 bits per heavy atom. The summed E-state index contributed by atoms with van der Waals surface area (Å²) in [4.78, 5) is 12.3. The van der Waals surface area contributed by atoms with Crippen LogP contribution in [0.5, 0.6) is 5.75 Å².